The predicted octanol–water partition coefficient (Wildman–Crippen LogP) is 10.1. The van der Waals surface area contributed by atoms with Crippen LogP contribution in [0.3, 0.4) is 0 Å². The van der Waals surface area contributed by atoms with Gasteiger partial charge in [-0.15, -0.1) is 0 Å². The molecule has 2 rings (SSSR count). The van der Waals surface area contributed by atoms with Crippen LogP contribution < -0.4 is 0 Å². The number of nitrogens with one attached hydrogen (secondary N) is 1. The highest BCUT2D eigenvalue weighted by molar-refractivity contribution is 6.08. The molecule has 1 aromatic carbocycles. The zero-order chi connectivity index (χ0) is 32.7. The molecule has 1 heterocycles. The van der Waals surface area contributed by atoms with Crippen LogP contribution >= 0.6 is 0 Å². The van der Waals surface area contributed by atoms with Crippen molar-refractivity contribution in [2.75, 3.05) is 6.54 Å². The van der Waals surface area contributed by atoms with Crippen molar-refractivity contribution in [2.45, 2.75) is 13.3 Å². The number of hydrogen-bond donors (Lipinski definition) is 1. The van der Waals surface area contributed by atoms with E-state index in [4.69, 9.17) is 5.41 Å². The van der Waals surface area contributed by atoms with Crippen LogP contribution in [-0.2, 0) is 0 Å². The lowest BCUT2D eigenvalue weighted by molar-refractivity contribution is 1.24. The third-order valence-corrected chi connectivity index (χ3v) is 6.11. The van der Waals surface area contributed by atoms with E-state index in [0.29, 0.717) is 34.9 Å². The monoisotopic (exact) mass is 590 g/mol. The van der Waals surface area contributed by atoms with Crippen LogP contribution in [0.15, 0.2) is 215 Å². The number of rotatable bonds is 14. The summed E-state index contributed by atoms with van der Waals surface area (Å²) in [6, 6.07) is 9.72. The summed E-state index contributed by atoms with van der Waals surface area (Å²) in [5.41, 5.74) is 5.56. The number of nitrogens with zero attached hydrogens (tertiary/aromatic N) is 3. The van der Waals surface area contributed by atoms with Crippen molar-refractivity contribution in [2.24, 2.45) is 15.0 Å². The second-order valence-corrected chi connectivity index (χ2v) is 9.52. The zero-order valence-electron chi connectivity index (χ0n) is 26.1. The van der Waals surface area contributed by atoms with Crippen molar-refractivity contribution in [1.29, 1.82) is 5.41 Å². The Kier molecular flexibility index (Phi) is 16.6. The Balaban J connectivity index is 2.20. The van der Waals surface area contributed by atoms with E-state index in [1.54, 1.807) is 36.7 Å². The van der Waals surface area contributed by atoms with E-state index in [1.807, 2.05) is 110 Å². The summed E-state index contributed by atoms with van der Waals surface area (Å²) in [6.45, 7) is 22.7. The first-order valence-corrected chi connectivity index (χ1v) is 14.6. The normalized spacial score (nSPS) is 17.1. The average molecular weight is 591 g/mol. The standard InChI is InChI=1S/C41H42N4/c1-7-10-31-44-41(39-21-15-13-16-22-39)45-35(6)33(4)23-24-34(5)37(18-8-2)26-27-38(19-9-3)40(42)28-25-36-20-14-11-12-17-30-43-32-29-36/h7-10,12-31,42H,2-6,11,32H2,1H3/b10-7+,17-12-,20-14-,24-23-,27-26-,28-25-,36-29?,37-18-,38-19-,42-40?,43-30-,44-31+,45-41-. The quantitative estimate of drug-likeness (QED) is 0.127. The molecule has 1 aromatic rings. The van der Waals surface area contributed by atoms with Crippen LogP contribution in [0, 0.1) is 5.41 Å². The molecule has 4 nitrogen and oxygen atoms in total. The Labute approximate surface area is 269 Å². The summed E-state index contributed by atoms with van der Waals surface area (Å²) >= 11 is 0. The lowest BCUT2D eigenvalue weighted by Gasteiger charge is -2.06. The van der Waals surface area contributed by atoms with Gasteiger partial charge in [-0.1, -0.05) is 148 Å². The molecule has 0 saturated carbocycles. The van der Waals surface area contributed by atoms with Gasteiger partial charge in [0.1, 0.15) is 0 Å². The highest BCUT2D eigenvalue weighted by Gasteiger charge is 2.04. The minimum Gasteiger partial charge on any atom is -0.300 e. The molecular weight excluding hydrogens is 548 g/mol. The number of allylic oxidation sites excluding steroid dienone is 20. The smallest absolute Gasteiger partial charge is 0.159 e. The molecule has 1 aliphatic rings. The van der Waals surface area contributed by atoms with Crippen LogP contribution in [0.4, 0.5) is 0 Å². The van der Waals surface area contributed by atoms with Crippen LogP contribution in [0.25, 0.3) is 0 Å². The Morgan fingerprint density at radius 3 is 2.33 bits per heavy atom. The fraction of sp³-hybridized carbons (Fsp3) is 0.0732. The van der Waals surface area contributed by atoms with Crippen molar-refractivity contribution in [1.82, 2.24) is 0 Å². The molecule has 0 spiro atoms. The molecule has 0 bridgehead atoms. The molecule has 45 heavy (non-hydrogen) atoms. The van der Waals surface area contributed by atoms with Gasteiger partial charge in [-0.2, -0.15) is 0 Å². The Morgan fingerprint density at radius 2 is 1.60 bits per heavy atom. The SMILES string of the molecule is C=C/C=C(/C=C\C(=C\C=C)C(=N)/C=C\C1=CC/N=C\C=C/C/C=C\1)C(=C)/C=C\C(=C)C(=C)\N=C(/N=C/C=C/C)c1ccccc1. The molecule has 0 unspecified atom stereocenters. The summed E-state index contributed by atoms with van der Waals surface area (Å²) in [4.78, 5) is 13.5. The molecule has 0 aliphatic carbocycles. The van der Waals surface area contributed by atoms with Crippen molar-refractivity contribution in [3.8, 4) is 0 Å². The van der Waals surface area contributed by atoms with E-state index < -0.39 is 0 Å². The molecule has 226 valence electrons. The maximum Gasteiger partial charge on any atom is 0.159 e. The topological polar surface area (TPSA) is 60.9 Å². The molecule has 0 saturated heterocycles. The van der Waals surface area contributed by atoms with Gasteiger partial charge in [0.15, 0.2) is 5.84 Å². The van der Waals surface area contributed by atoms with Gasteiger partial charge in [-0.3, -0.25) is 4.99 Å². The number of benzene rings is 1. The Morgan fingerprint density at radius 1 is 0.889 bits per heavy atom. The van der Waals surface area contributed by atoms with Crippen molar-refractivity contribution >= 4 is 24.0 Å². The lowest BCUT2D eigenvalue weighted by Crippen LogP contribution is -1.98. The van der Waals surface area contributed by atoms with Gasteiger partial charge in [-0.05, 0) is 59.4 Å². The second kappa shape index (κ2) is 21.0. The van der Waals surface area contributed by atoms with E-state index in [0.717, 1.165) is 28.7 Å². The minimum atomic E-state index is 0.342. The van der Waals surface area contributed by atoms with E-state index in [9.17, 15) is 0 Å². The first-order valence-electron chi connectivity index (χ1n) is 14.6. The lowest BCUT2D eigenvalue weighted by atomic mass is 10.0. The average Bonchev–Trinajstić information content (AvgIpc) is 3.06. The first kappa shape index (κ1) is 35.5. The van der Waals surface area contributed by atoms with Gasteiger partial charge in [0.05, 0.1) is 18.0 Å². The third-order valence-electron chi connectivity index (χ3n) is 6.11. The van der Waals surface area contributed by atoms with Crippen LogP contribution in [0.2, 0.25) is 0 Å². The van der Waals surface area contributed by atoms with Crippen LogP contribution in [0.1, 0.15) is 18.9 Å². The molecule has 1 aliphatic heterocycles. The van der Waals surface area contributed by atoms with E-state index in [1.165, 1.54) is 0 Å². The maximum absolute atomic E-state index is 8.68. The number of hydrogen-bond acceptors (Lipinski definition) is 3. The van der Waals surface area contributed by atoms with Gasteiger partial charge in [0.2, 0.25) is 0 Å². The van der Waals surface area contributed by atoms with Gasteiger partial charge in [0, 0.05) is 18.0 Å². The molecular formula is C41H42N4. The molecule has 0 atom stereocenters. The van der Waals surface area contributed by atoms with Gasteiger partial charge < -0.3 is 5.41 Å². The van der Waals surface area contributed by atoms with Crippen LogP contribution in [-0.4, -0.2) is 30.5 Å². The molecule has 0 fully saturated rings. The second-order valence-electron chi connectivity index (χ2n) is 9.52. The summed E-state index contributed by atoms with van der Waals surface area (Å²) in [7, 11) is 0. The molecule has 0 amide bonds. The molecule has 0 aromatic heterocycles. The molecule has 0 radical (unpaired) electrons. The van der Waals surface area contributed by atoms with Crippen molar-refractivity contribution in [3.05, 3.63) is 206 Å². The Hall–Kier alpha value is -5.74. The molecule has 4 heteroatoms. The highest BCUT2D eigenvalue weighted by Crippen LogP contribution is 2.18. The van der Waals surface area contributed by atoms with E-state index in [-0.39, 0.29) is 0 Å². The number of aliphatic imine (C=N–C) groups is 3. The zero-order valence-corrected chi connectivity index (χ0v) is 26.1. The van der Waals surface area contributed by atoms with Crippen LogP contribution in [0.5, 0.6) is 0 Å². The third kappa shape index (κ3) is 13.9. The van der Waals surface area contributed by atoms with Gasteiger partial charge >= 0.3 is 0 Å². The largest absolute Gasteiger partial charge is 0.300 e. The fourth-order valence-electron chi connectivity index (χ4n) is 3.66. The number of amidine groups is 1. The van der Waals surface area contributed by atoms with Crippen molar-refractivity contribution < 1.29 is 0 Å². The maximum atomic E-state index is 8.68. The fourth-order valence-corrected chi connectivity index (χ4v) is 3.66. The Bertz CT molecular complexity index is 1620. The van der Waals surface area contributed by atoms with Gasteiger partial charge in [-0.25, -0.2) is 9.98 Å². The van der Waals surface area contributed by atoms with E-state index in [2.05, 4.69) is 53.9 Å². The van der Waals surface area contributed by atoms with E-state index >= 15 is 0 Å². The summed E-state index contributed by atoms with van der Waals surface area (Å²) < 4.78 is 0. The minimum absolute atomic E-state index is 0.342. The first-order chi connectivity index (χ1) is 21.9. The summed E-state index contributed by atoms with van der Waals surface area (Å²) in [5.74, 6) is 0.541. The van der Waals surface area contributed by atoms with Gasteiger partial charge in [0.25, 0.3) is 0 Å². The summed E-state index contributed by atoms with van der Waals surface area (Å²) in [5, 5.41) is 8.68. The predicted molar refractivity (Wildman–Crippen MR) is 200 cm³/mol. The molecule has 1 N–H and O–H groups in total. The van der Waals surface area contributed by atoms with Crippen molar-refractivity contribution in [3.63, 3.8) is 0 Å². The summed E-state index contributed by atoms with van der Waals surface area (Å²) in [6.07, 6.45) is 36.4. The highest BCUT2D eigenvalue weighted by atomic mass is 14.9.